The molecule has 0 spiro atoms. The number of hydrogen-bond acceptors (Lipinski definition) is 1. The molecule has 0 N–H and O–H groups in total. The number of aryl methyl sites for hydroxylation is 1. The molecule has 0 bridgehead atoms. The molecular formula is C12H14FN. The normalized spacial score (nSPS) is 11.6. The van der Waals surface area contributed by atoms with Crippen molar-refractivity contribution in [2.75, 3.05) is 0 Å². The average molecular weight is 191 g/mol. The van der Waals surface area contributed by atoms with Crippen LogP contribution in [0.2, 0.25) is 0 Å². The zero-order valence-corrected chi connectivity index (χ0v) is 8.76. The maximum atomic E-state index is 13.4. The molecule has 0 aliphatic rings. The van der Waals surface area contributed by atoms with Gasteiger partial charge >= 0.3 is 0 Å². The number of aliphatic imine (C=N–C) groups is 1. The lowest BCUT2D eigenvalue weighted by Gasteiger charge is -2.08. The van der Waals surface area contributed by atoms with Gasteiger partial charge in [0.1, 0.15) is 11.5 Å². The number of benzene rings is 1. The molecule has 0 saturated carbocycles. The monoisotopic (exact) mass is 191 g/mol. The summed E-state index contributed by atoms with van der Waals surface area (Å²) in [4.78, 5) is 3.71. The number of allylic oxidation sites excluding steroid dienone is 2. The van der Waals surface area contributed by atoms with Gasteiger partial charge < -0.3 is 0 Å². The van der Waals surface area contributed by atoms with Crippen molar-refractivity contribution < 1.29 is 4.39 Å². The number of halogens is 1. The van der Waals surface area contributed by atoms with E-state index in [1.165, 1.54) is 6.07 Å². The molecule has 0 fully saturated rings. The van der Waals surface area contributed by atoms with Crippen LogP contribution in [0.25, 0.3) is 5.57 Å². The van der Waals surface area contributed by atoms with E-state index in [2.05, 4.69) is 11.7 Å². The van der Waals surface area contributed by atoms with E-state index in [1.54, 1.807) is 0 Å². The van der Waals surface area contributed by atoms with Crippen LogP contribution in [0.4, 0.5) is 10.1 Å². The summed E-state index contributed by atoms with van der Waals surface area (Å²) < 4.78 is 13.4. The minimum Gasteiger partial charge on any atom is -0.261 e. The highest BCUT2D eigenvalue weighted by Gasteiger charge is 2.08. The lowest BCUT2D eigenvalue weighted by molar-refractivity contribution is 0.628. The van der Waals surface area contributed by atoms with E-state index in [9.17, 15) is 4.39 Å². The van der Waals surface area contributed by atoms with Crippen LogP contribution in [0.3, 0.4) is 0 Å². The summed E-state index contributed by atoms with van der Waals surface area (Å²) in [7, 11) is 0. The second-order valence-electron chi connectivity index (χ2n) is 3.27. The molecule has 1 nitrogen and oxygen atoms in total. The van der Waals surface area contributed by atoms with Crippen molar-refractivity contribution in [1.29, 1.82) is 0 Å². The Morgan fingerprint density at radius 1 is 1.50 bits per heavy atom. The number of hydrogen-bond donors (Lipinski definition) is 0. The van der Waals surface area contributed by atoms with Gasteiger partial charge in [0.05, 0.1) is 0 Å². The van der Waals surface area contributed by atoms with Crippen molar-refractivity contribution in [2.24, 2.45) is 4.99 Å². The van der Waals surface area contributed by atoms with E-state index in [-0.39, 0.29) is 5.82 Å². The van der Waals surface area contributed by atoms with E-state index in [1.807, 2.05) is 32.9 Å². The van der Waals surface area contributed by atoms with Gasteiger partial charge in [-0.2, -0.15) is 0 Å². The maximum Gasteiger partial charge on any atom is 0.149 e. The Morgan fingerprint density at radius 3 is 2.64 bits per heavy atom. The number of rotatable bonds is 2. The van der Waals surface area contributed by atoms with Crippen molar-refractivity contribution in [3.8, 4) is 0 Å². The summed E-state index contributed by atoms with van der Waals surface area (Å²) in [5.74, 6) is -0.309. The predicted octanol–water partition coefficient (Wildman–Crippen LogP) is 3.89. The topological polar surface area (TPSA) is 12.4 Å². The van der Waals surface area contributed by atoms with Gasteiger partial charge in [0.15, 0.2) is 0 Å². The molecule has 74 valence electrons. The summed E-state index contributed by atoms with van der Waals surface area (Å²) in [5, 5.41) is 0. The zero-order chi connectivity index (χ0) is 10.7. The molecule has 0 saturated heterocycles. The van der Waals surface area contributed by atoms with Crippen LogP contribution >= 0.6 is 0 Å². The summed E-state index contributed by atoms with van der Waals surface area (Å²) >= 11 is 0. The Hall–Kier alpha value is -1.44. The van der Waals surface area contributed by atoms with Gasteiger partial charge in [-0.1, -0.05) is 6.08 Å². The Morgan fingerprint density at radius 2 is 2.14 bits per heavy atom. The van der Waals surface area contributed by atoms with Gasteiger partial charge in [-0.3, -0.25) is 4.99 Å². The minimum atomic E-state index is -0.309. The molecular weight excluding hydrogens is 177 g/mol. The number of nitrogens with zero attached hydrogens (tertiary/aromatic N) is 1. The molecule has 0 atom stereocenters. The van der Waals surface area contributed by atoms with Crippen molar-refractivity contribution in [3.63, 3.8) is 0 Å². The zero-order valence-electron chi connectivity index (χ0n) is 8.76. The van der Waals surface area contributed by atoms with Crippen molar-refractivity contribution in [1.82, 2.24) is 0 Å². The summed E-state index contributed by atoms with van der Waals surface area (Å²) in [6.07, 6.45) is 1.93. The fourth-order valence-electron chi connectivity index (χ4n) is 1.35. The molecule has 14 heavy (non-hydrogen) atoms. The van der Waals surface area contributed by atoms with Crippen LogP contribution in [0.1, 0.15) is 25.0 Å². The molecule has 0 heterocycles. The van der Waals surface area contributed by atoms with E-state index in [4.69, 9.17) is 0 Å². The highest BCUT2D eigenvalue weighted by Crippen LogP contribution is 2.29. The first-order chi connectivity index (χ1) is 6.60. The molecule has 0 aliphatic heterocycles. The van der Waals surface area contributed by atoms with Crippen LogP contribution in [0.15, 0.2) is 23.2 Å². The molecule has 0 radical (unpaired) electrons. The smallest absolute Gasteiger partial charge is 0.149 e. The highest BCUT2D eigenvalue weighted by molar-refractivity contribution is 5.75. The quantitative estimate of drug-likeness (QED) is 0.629. The van der Waals surface area contributed by atoms with Crippen molar-refractivity contribution in [3.05, 3.63) is 35.2 Å². The summed E-state index contributed by atoms with van der Waals surface area (Å²) in [5.41, 5.74) is 3.06. The molecule has 2 heteroatoms. The van der Waals surface area contributed by atoms with E-state index in [0.29, 0.717) is 5.69 Å². The first-order valence-electron chi connectivity index (χ1n) is 4.50. The molecule has 0 unspecified atom stereocenters. The first kappa shape index (κ1) is 10.6. The van der Waals surface area contributed by atoms with Crippen molar-refractivity contribution >= 4 is 18.0 Å². The van der Waals surface area contributed by atoms with Crippen LogP contribution in [0.5, 0.6) is 0 Å². The van der Waals surface area contributed by atoms with Crippen LogP contribution in [-0.2, 0) is 0 Å². The van der Waals surface area contributed by atoms with Gasteiger partial charge in [-0.05, 0) is 50.8 Å². The van der Waals surface area contributed by atoms with E-state index >= 15 is 0 Å². The molecule has 0 aliphatic carbocycles. The van der Waals surface area contributed by atoms with Crippen LogP contribution < -0.4 is 0 Å². The second-order valence-corrected chi connectivity index (χ2v) is 3.27. The van der Waals surface area contributed by atoms with Gasteiger partial charge in [0, 0.05) is 5.56 Å². The highest BCUT2D eigenvalue weighted by atomic mass is 19.1. The lowest BCUT2D eigenvalue weighted by Crippen LogP contribution is -1.87. The molecule has 1 rings (SSSR count). The fraction of sp³-hybridized carbons (Fsp3) is 0.250. The third kappa shape index (κ3) is 1.90. The fourth-order valence-corrected chi connectivity index (χ4v) is 1.35. The lowest BCUT2D eigenvalue weighted by atomic mass is 10.0. The first-order valence-corrected chi connectivity index (χ1v) is 4.50. The van der Waals surface area contributed by atoms with Crippen molar-refractivity contribution in [2.45, 2.75) is 20.8 Å². The average Bonchev–Trinajstić information content (AvgIpc) is 2.15. The third-order valence-electron chi connectivity index (χ3n) is 2.22. The Bertz CT molecular complexity index is 392. The second kappa shape index (κ2) is 4.18. The van der Waals surface area contributed by atoms with Crippen LogP contribution in [0, 0.1) is 12.7 Å². The molecule has 1 aromatic carbocycles. The van der Waals surface area contributed by atoms with E-state index < -0.39 is 0 Å². The predicted molar refractivity (Wildman–Crippen MR) is 59.7 cm³/mol. The summed E-state index contributed by atoms with van der Waals surface area (Å²) in [6, 6.07) is 3.39. The largest absolute Gasteiger partial charge is 0.261 e. The third-order valence-corrected chi connectivity index (χ3v) is 2.22. The standard InChI is InChI=1S/C12H14FN/c1-5-9(3)10-6-8(2)7-11(13)12(10)14-4/h5-7H,4H2,1-3H3/b9-5-. The molecule has 0 amide bonds. The SMILES string of the molecule is C=Nc1c(F)cc(C)cc1/C(C)=C\C. The van der Waals surface area contributed by atoms with Gasteiger partial charge in [0.2, 0.25) is 0 Å². The van der Waals surface area contributed by atoms with Gasteiger partial charge in [0.25, 0.3) is 0 Å². The van der Waals surface area contributed by atoms with E-state index in [0.717, 1.165) is 16.7 Å². The Labute approximate surface area is 84.0 Å². The summed E-state index contributed by atoms with van der Waals surface area (Å²) in [6.45, 7) is 9.10. The molecule has 0 aromatic heterocycles. The van der Waals surface area contributed by atoms with Crippen LogP contribution in [-0.4, -0.2) is 6.72 Å². The minimum absolute atomic E-state index is 0.309. The Kier molecular flexibility index (Phi) is 3.18. The van der Waals surface area contributed by atoms with Gasteiger partial charge in [-0.25, -0.2) is 4.39 Å². The molecule has 1 aromatic rings. The maximum absolute atomic E-state index is 13.4. The van der Waals surface area contributed by atoms with Gasteiger partial charge in [-0.15, -0.1) is 0 Å². The Balaban J connectivity index is 3.47.